The van der Waals surface area contributed by atoms with E-state index in [0.29, 0.717) is 12.2 Å². The Hall–Kier alpha value is -2.49. The fourth-order valence-corrected chi connectivity index (χ4v) is 2.87. The zero-order valence-electron chi connectivity index (χ0n) is 11.3. The maximum absolute atomic E-state index is 13.5. The number of rotatable bonds is 2. The predicted molar refractivity (Wildman–Crippen MR) is 77.4 cm³/mol. The number of amidine groups is 1. The van der Waals surface area contributed by atoms with E-state index in [2.05, 4.69) is 15.4 Å². The quantitative estimate of drug-likeness (QED) is 0.853. The van der Waals surface area contributed by atoms with E-state index in [0.717, 1.165) is 18.2 Å². The number of hydrazine groups is 1. The van der Waals surface area contributed by atoms with Crippen molar-refractivity contribution < 1.29 is 17.2 Å². The van der Waals surface area contributed by atoms with Crippen LogP contribution in [0.25, 0.3) is 0 Å². The second kappa shape index (κ2) is 5.05. The molecule has 7 nitrogen and oxygen atoms in total. The average molecular weight is 327 g/mol. The molecule has 0 atom stereocenters. The molecule has 1 aromatic carbocycles. The fourth-order valence-electron chi connectivity index (χ4n) is 1.88. The summed E-state index contributed by atoms with van der Waals surface area (Å²) in [7, 11) is -4.27. The number of fused-ring (bicyclic) bond motifs is 1. The maximum Gasteiger partial charge on any atom is 0.297 e. The molecule has 22 heavy (non-hydrogen) atoms. The van der Waals surface area contributed by atoms with E-state index in [4.69, 9.17) is 0 Å². The molecule has 0 amide bonds. The van der Waals surface area contributed by atoms with Crippen LogP contribution < -0.4 is 10.1 Å². The molecular formula is C12H11F2N5O2S. The Morgan fingerprint density at radius 3 is 2.64 bits per heavy atom. The monoisotopic (exact) mass is 327 g/mol. The molecule has 0 unspecified atom stereocenters. The number of hydrogen-bond acceptors (Lipinski definition) is 6. The SMILES string of the molecule is CC1=CCN2NC(S(=O)(=O)Nc3c(F)cccc3F)=NC2=N1. The molecule has 0 aromatic heterocycles. The van der Waals surface area contributed by atoms with Gasteiger partial charge in [0.05, 0.1) is 6.54 Å². The Kier molecular flexibility index (Phi) is 3.32. The first kappa shape index (κ1) is 14.4. The van der Waals surface area contributed by atoms with Gasteiger partial charge in [-0.3, -0.25) is 10.1 Å². The first-order chi connectivity index (χ1) is 10.4. The number of allylic oxidation sites excluding steroid dienone is 1. The largest absolute Gasteiger partial charge is 0.297 e. The molecule has 0 saturated heterocycles. The van der Waals surface area contributed by atoms with Crippen molar-refractivity contribution in [2.45, 2.75) is 6.92 Å². The summed E-state index contributed by atoms with van der Waals surface area (Å²) in [6.45, 7) is 2.13. The molecule has 3 rings (SSSR count). The van der Waals surface area contributed by atoms with E-state index in [1.807, 2.05) is 4.72 Å². The molecule has 10 heteroatoms. The summed E-state index contributed by atoms with van der Waals surface area (Å²) in [5.41, 5.74) is 2.47. The van der Waals surface area contributed by atoms with Crippen molar-refractivity contribution in [2.24, 2.45) is 9.98 Å². The summed E-state index contributed by atoms with van der Waals surface area (Å²) in [5, 5.41) is 0.927. The number of nitrogens with one attached hydrogen (secondary N) is 2. The zero-order chi connectivity index (χ0) is 15.9. The molecule has 0 bridgehead atoms. The number of benzene rings is 1. The van der Waals surface area contributed by atoms with Gasteiger partial charge in [-0.25, -0.2) is 18.8 Å². The summed E-state index contributed by atoms with van der Waals surface area (Å²) in [4.78, 5) is 7.90. The van der Waals surface area contributed by atoms with Gasteiger partial charge in [-0.1, -0.05) is 6.07 Å². The number of halogens is 2. The summed E-state index contributed by atoms with van der Waals surface area (Å²) < 4.78 is 53.3. The lowest BCUT2D eigenvalue weighted by molar-refractivity contribution is 0.422. The van der Waals surface area contributed by atoms with Crippen molar-refractivity contribution in [1.29, 1.82) is 0 Å². The van der Waals surface area contributed by atoms with E-state index in [-0.39, 0.29) is 5.96 Å². The molecule has 0 radical (unpaired) electrons. The molecule has 2 heterocycles. The maximum atomic E-state index is 13.5. The van der Waals surface area contributed by atoms with Gasteiger partial charge in [0.2, 0.25) is 5.96 Å². The number of nitrogens with zero attached hydrogens (tertiary/aromatic N) is 3. The van der Waals surface area contributed by atoms with Crippen LogP contribution in [0.4, 0.5) is 14.5 Å². The summed E-state index contributed by atoms with van der Waals surface area (Å²) in [6.07, 6.45) is 1.77. The fraction of sp³-hybridized carbons (Fsp3) is 0.167. The number of para-hydroxylation sites is 1. The molecule has 1 aromatic rings. The molecule has 2 aliphatic rings. The van der Waals surface area contributed by atoms with Crippen LogP contribution in [0.5, 0.6) is 0 Å². The third-order valence-corrected chi connectivity index (χ3v) is 4.14. The summed E-state index contributed by atoms with van der Waals surface area (Å²) in [5.74, 6) is -1.86. The third-order valence-electron chi connectivity index (χ3n) is 2.97. The van der Waals surface area contributed by atoms with Crippen molar-refractivity contribution >= 4 is 26.8 Å². The number of guanidine groups is 1. The van der Waals surface area contributed by atoms with Crippen molar-refractivity contribution in [3.8, 4) is 0 Å². The normalized spacial score (nSPS) is 17.2. The first-order valence-corrected chi connectivity index (χ1v) is 7.70. The first-order valence-electron chi connectivity index (χ1n) is 6.22. The molecule has 0 saturated carbocycles. The van der Waals surface area contributed by atoms with Crippen LogP contribution in [-0.2, 0) is 10.0 Å². The molecule has 0 aliphatic carbocycles. The third kappa shape index (κ3) is 2.52. The Bertz CT molecular complexity index is 812. The van der Waals surface area contributed by atoms with Crippen LogP contribution in [0.2, 0.25) is 0 Å². The molecule has 116 valence electrons. The highest BCUT2D eigenvalue weighted by molar-refractivity contribution is 8.07. The Labute approximate surface area is 125 Å². The summed E-state index contributed by atoms with van der Waals surface area (Å²) in [6, 6.07) is 3.04. The van der Waals surface area contributed by atoms with Crippen LogP contribution in [0.3, 0.4) is 0 Å². The standard InChI is InChI=1S/C12H11F2N5O2S/c1-7-5-6-19-11(15-7)16-12(17-19)22(20,21)18-10-8(13)3-2-4-9(10)14/h2-5,18H,6H2,1H3,(H,15,16,17). The van der Waals surface area contributed by atoms with E-state index in [9.17, 15) is 17.2 Å². The lowest BCUT2D eigenvalue weighted by Gasteiger charge is -2.19. The second-order valence-corrected chi connectivity index (χ2v) is 6.20. The molecule has 0 fully saturated rings. The predicted octanol–water partition coefficient (Wildman–Crippen LogP) is 1.16. The number of anilines is 1. The van der Waals surface area contributed by atoms with Gasteiger partial charge in [0.25, 0.3) is 15.2 Å². The van der Waals surface area contributed by atoms with Crippen LogP contribution in [0, 0.1) is 11.6 Å². The highest BCUT2D eigenvalue weighted by atomic mass is 32.2. The minimum absolute atomic E-state index is 0.175. The van der Waals surface area contributed by atoms with Crippen molar-refractivity contribution in [1.82, 2.24) is 10.4 Å². The smallest absolute Gasteiger partial charge is 0.271 e. The second-order valence-electron chi connectivity index (χ2n) is 4.60. The van der Waals surface area contributed by atoms with Crippen molar-refractivity contribution in [3.63, 3.8) is 0 Å². The van der Waals surface area contributed by atoms with Gasteiger partial charge in [0, 0.05) is 5.70 Å². The van der Waals surface area contributed by atoms with E-state index < -0.39 is 32.5 Å². The topological polar surface area (TPSA) is 86.2 Å². The number of hydrogen-bond donors (Lipinski definition) is 2. The van der Waals surface area contributed by atoms with Gasteiger partial charge in [-0.2, -0.15) is 13.4 Å². The Morgan fingerprint density at radius 2 is 1.95 bits per heavy atom. The van der Waals surface area contributed by atoms with Crippen molar-refractivity contribution in [3.05, 3.63) is 41.6 Å². The molecular weight excluding hydrogens is 316 g/mol. The van der Waals surface area contributed by atoms with Gasteiger partial charge in [0.1, 0.15) is 17.3 Å². The minimum Gasteiger partial charge on any atom is -0.271 e. The van der Waals surface area contributed by atoms with E-state index >= 15 is 0 Å². The van der Waals surface area contributed by atoms with E-state index in [1.165, 1.54) is 5.01 Å². The highest BCUT2D eigenvalue weighted by Crippen LogP contribution is 2.20. The average Bonchev–Trinajstić information content (AvgIpc) is 2.87. The van der Waals surface area contributed by atoms with E-state index in [1.54, 1.807) is 13.0 Å². The van der Waals surface area contributed by atoms with Gasteiger partial charge in [-0.15, -0.1) is 0 Å². The van der Waals surface area contributed by atoms with Crippen LogP contribution >= 0.6 is 0 Å². The zero-order valence-corrected chi connectivity index (χ0v) is 12.2. The lowest BCUT2D eigenvalue weighted by atomic mass is 10.3. The van der Waals surface area contributed by atoms with Gasteiger partial charge < -0.3 is 0 Å². The van der Waals surface area contributed by atoms with Crippen molar-refractivity contribution in [2.75, 3.05) is 11.3 Å². The Morgan fingerprint density at radius 1 is 1.27 bits per heavy atom. The molecule has 2 N–H and O–H groups in total. The minimum atomic E-state index is -4.27. The van der Waals surface area contributed by atoms with Crippen LogP contribution in [-0.4, -0.2) is 31.1 Å². The summed E-state index contributed by atoms with van der Waals surface area (Å²) >= 11 is 0. The molecule has 0 spiro atoms. The lowest BCUT2D eigenvalue weighted by Crippen LogP contribution is -2.43. The van der Waals surface area contributed by atoms with Crippen LogP contribution in [0.15, 0.2) is 40.0 Å². The van der Waals surface area contributed by atoms with Gasteiger partial charge >= 0.3 is 0 Å². The van der Waals surface area contributed by atoms with Gasteiger partial charge in [0.15, 0.2) is 0 Å². The molecule has 2 aliphatic heterocycles. The number of sulfonamides is 1. The van der Waals surface area contributed by atoms with Gasteiger partial charge in [-0.05, 0) is 25.1 Å². The Balaban J connectivity index is 1.91. The van der Waals surface area contributed by atoms with Crippen LogP contribution in [0.1, 0.15) is 6.92 Å². The highest BCUT2D eigenvalue weighted by Gasteiger charge is 2.32. The number of aliphatic imine (C=N–C) groups is 2.